The second-order valence-electron chi connectivity index (χ2n) is 6.56. The van der Waals surface area contributed by atoms with Crippen molar-refractivity contribution in [3.8, 4) is 11.1 Å². The van der Waals surface area contributed by atoms with E-state index in [4.69, 9.17) is 11.6 Å². The largest absolute Gasteiger partial charge is 0.396 e. The highest BCUT2D eigenvalue weighted by molar-refractivity contribution is 6.70. The first-order chi connectivity index (χ1) is 12.7. The van der Waals surface area contributed by atoms with E-state index in [0.29, 0.717) is 11.7 Å². The maximum atomic E-state index is 9.81. The second kappa shape index (κ2) is 7.40. The number of rotatable bonds is 5. The molecule has 0 fully saturated rings. The molecule has 26 heavy (non-hydrogen) atoms. The molecule has 0 aliphatic carbocycles. The Hall–Kier alpha value is -2.49. The predicted octanol–water partition coefficient (Wildman–Crippen LogP) is 4.57. The zero-order chi connectivity index (χ0) is 17.9. The molecular weight excluding hydrogens is 344 g/mol. The molecule has 4 heteroatoms. The number of fused-ring (bicyclic) bond motifs is 1. The molecule has 0 spiro atoms. The van der Waals surface area contributed by atoms with Crippen LogP contribution in [-0.2, 0) is 13.0 Å². The van der Waals surface area contributed by atoms with Crippen LogP contribution in [0.25, 0.3) is 11.1 Å². The van der Waals surface area contributed by atoms with E-state index in [0.717, 1.165) is 39.8 Å². The van der Waals surface area contributed by atoms with E-state index in [9.17, 15) is 5.11 Å². The normalized spacial score (nSPS) is 14.0. The molecule has 2 aromatic carbocycles. The molecular formula is C22H19ClN2O. The Kier molecular flexibility index (Phi) is 4.83. The number of hydrogen-bond donors (Lipinski definition) is 1. The summed E-state index contributed by atoms with van der Waals surface area (Å²) in [5, 5.41) is 10.4. The molecule has 1 aliphatic rings. The van der Waals surface area contributed by atoms with Gasteiger partial charge in [-0.1, -0.05) is 54.1 Å². The van der Waals surface area contributed by atoms with Gasteiger partial charge in [0.15, 0.2) is 0 Å². The lowest BCUT2D eigenvalue weighted by Gasteiger charge is -2.15. The quantitative estimate of drug-likeness (QED) is 0.722. The molecule has 0 amide bonds. The van der Waals surface area contributed by atoms with Crippen LogP contribution in [0.4, 0.5) is 0 Å². The van der Waals surface area contributed by atoms with Gasteiger partial charge >= 0.3 is 0 Å². The number of halogens is 1. The molecule has 4 rings (SSSR count). The Morgan fingerprint density at radius 3 is 2.65 bits per heavy atom. The fraction of sp³-hybridized carbons (Fsp3) is 0.182. The Labute approximate surface area is 158 Å². The number of nitrogens with zero attached hydrogens (tertiary/aromatic N) is 2. The van der Waals surface area contributed by atoms with Gasteiger partial charge in [-0.3, -0.25) is 9.98 Å². The topological polar surface area (TPSA) is 45.5 Å². The van der Waals surface area contributed by atoms with E-state index in [2.05, 4.69) is 46.4 Å². The Balaban J connectivity index is 1.61. The number of aliphatic hydroxyl groups excluding tert-OH is 1. The Morgan fingerprint density at radius 1 is 1.00 bits per heavy atom. The van der Waals surface area contributed by atoms with E-state index in [1.165, 1.54) is 0 Å². The van der Waals surface area contributed by atoms with Crippen LogP contribution in [0.5, 0.6) is 0 Å². The fourth-order valence-corrected chi connectivity index (χ4v) is 3.62. The number of aromatic nitrogens is 1. The first-order valence-corrected chi connectivity index (χ1v) is 9.06. The van der Waals surface area contributed by atoms with E-state index >= 15 is 0 Å². The summed E-state index contributed by atoms with van der Waals surface area (Å²) in [6, 6.07) is 18.5. The average Bonchev–Trinajstić information content (AvgIpc) is 3.07. The lowest BCUT2D eigenvalue weighted by molar-refractivity contribution is 0.264. The summed E-state index contributed by atoms with van der Waals surface area (Å²) in [5.74, 6) is 0.0647. The van der Waals surface area contributed by atoms with Crippen molar-refractivity contribution < 1.29 is 5.11 Å². The summed E-state index contributed by atoms with van der Waals surface area (Å²) in [6.45, 7) is 0.765. The van der Waals surface area contributed by atoms with Crippen molar-refractivity contribution in [2.75, 3.05) is 6.61 Å². The lowest BCUT2D eigenvalue weighted by Crippen LogP contribution is -2.08. The molecule has 0 saturated heterocycles. The molecule has 1 aromatic heterocycles. The summed E-state index contributed by atoms with van der Waals surface area (Å²) in [6.07, 6.45) is 4.48. The van der Waals surface area contributed by atoms with Crippen LogP contribution in [0.1, 0.15) is 28.2 Å². The van der Waals surface area contributed by atoms with Gasteiger partial charge in [0.2, 0.25) is 0 Å². The first kappa shape index (κ1) is 17.0. The standard InChI is InChI=1S/C22H19ClN2O/c23-22-21-10-17(6-7-18(21)13-25-22)19-8-15(11-24-12-19)9-20(14-26)16-4-2-1-3-5-16/h1-8,10-12,20,26H,9,13-14H2/t20-/m0/s1. The molecule has 0 saturated carbocycles. The summed E-state index contributed by atoms with van der Waals surface area (Å²) >= 11 is 6.20. The molecule has 0 radical (unpaired) electrons. The molecule has 130 valence electrons. The van der Waals surface area contributed by atoms with E-state index in [1.807, 2.05) is 30.6 Å². The molecule has 1 atom stereocenters. The third-order valence-electron chi connectivity index (χ3n) is 4.82. The van der Waals surface area contributed by atoms with Gasteiger partial charge in [-0.2, -0.15) is 0 Å². The van der Waals surface area contributed by atoms with E-state index in [-0.39, 0.29) is 12.5 Å². The van der Waals surface area contributed by atoms with Crippen LogP contribution in [0.3, 0.4) is 0 Å². The van der Waals surface area contributed by atoms with Crippen molar-refractivity contribution in [1.29, 1.82) is 0 Å². The molecule has 1 aliphatic heterocycles. The van der Waals surface area contributed by atoms with Crippen molar-refractivity contribution >= 4 is 16.8 Å². The first-order valence-electron chi connectivity index (χ1n) is 8.68. The molecule has 2 heterocycles. The van der Waals surface area contributed by atoms with Crippen LogP contribution in [0.15, 0.2) is 72.0 Å². The van der Waals surface area contributed by atoms with Crippen molar-refractivity contribution in [3.63, 3.8) is 0 Å². The minimum absolute atomic E-state index is 0.0647. The second-order valence-corrected chi connectivity index (χ2v) is 6.91. The van der Waals surface area contributed by atoms with Crippen molar-refractivity contribution in [3.05, 3.63) is 89.2 Å². The number of aliphatic imine (C=N–C) groups is 1. The monoisotopic (exact) mass is 362 g/mol. The van der Waals surface area contributed by atoms with Gasteiger partial charge in [0, 0.05) is 29.4 Å². The number of pyridine rings is 1. The molecule has 3 nitrogen and oxygen atoms in total. The van der Waals surface area contributed by atoms with Gasteiger partial charge < -0.3 is 5.11 Å². The summed E-state index contributed by atoms with van der Waals surface area (Å²) in [4.78, 5) is 8.69. The van der Waals surface area contributed by atoms with Crippen LogP contribution in [0.2, 0.25) is 0 Å². The maximum absolute atomic E-state index is 9.81. The zero-order valence-corrected chi connectivity index (χ0v) is 15.0. The van der Waals surface area contributed by atoms with Crippen molar-refractivity contribution in [1.82, 2.24) is 4.98 Å². The Bertz CT molecular complexity index is 953. The fourth-order valence-electron chi connectivity index (χ4n) is 3.38. The average molecular weight is 363 g/mol. The molecule has 3 aromatic rings. The summed E-state index contributed by atoms with van der Waals surface area (Å²) in [5.41, 5.74) is 6.53. The third kappa shape index (κ3) is 3.41. The molecule has 0 bridgehead atoms. The van der Waals surface area contributed by atoms with Crippen molar-refractivity contribution in [2.24, 2.45) is 4.99 Å². The maximum Gasteiger partial charge on any atom is 0.131 e. The van der Waals surface area contributed by atoms with Crippen LogP contribution in [0, 0.1) is 0 Å². The van der Waals surface area contributed by atoms with Gasteiger partial charge in [0.1, 0.15) is 5.17 Å². The smallest absolute Gasteiger partial charge is 0.131 e. The Morgan fingerprint density at radius 2 is 1.85 bits per heavy atom. The van der Waals surface area contributed by atoms with Crippen molar-refractivity contribution in [2.45, 2.75) is 18.9 Å². The highest BCUT2D eigenvalue weighted by Crippen LogP contribution is 2.29. The third-order valence-corrected chi connectivity index (χ3v) is 5.15. The van der Waals surface area contributed by atoms with Crippen LogP contribution in [-0.4, -0.2) is 21.9 Å². The highest BCUT2D eigenvalue weighted by atomic mass is 35.5. The highest BCUT2D eigenvalue weighted by Gasteiger charge is 2.16. The summed E-state index contributed by atoms with van der Waals surface area (Å²) in [7, 11) is 0. The number of benzene rings is 2. The lowest BCUT2D eigenvalue weighted by atomic mass is 9.92. The predicted molar refractivity (Wildman–Crippen MR) is 106 cm³/mol. The van der Waals surface area contributed by atoms with Gasteiger partial charge in [-0.25, -0.2) is 0 Å². The van der Waals surface area contributed by atoms with Crippen LogP contribution < -0.4 is 0 Å². The van der Waals surface area contributed by atoms with Gasteiger partial charge in [-0.05, 0) is 40.8 Å². The minimum atomic E-state index is 0.0647. The van der Waals surface area contributed by atoms with Gasteiger partial charge in [0.05, 0.1) is 13.2 Å². The zero-order valence-electron chi connectivity index (χ0n) is 14.3. The number of aliphatic hydroxyl groups is 1. The van der Waals surface area contributed by atoms with Crippen LogP contribution >= 0.6 is 11.6 Å². The van der Waals surface area contributed by atoms with E-state index in [1.54, 1.807) is 0 Å². The molecule has 0 unspecified atom stereocenters. The molecule has 1 N–H and O–H groups in total. The van der Waals surface area contributed by atoms with Gasteiger partial charge in [-0.15, -0.1) is 0 Å². The summed E-state index contributed by atoms with van der Waals surface area (Å²) < 4.78 is 0. The van der Waals surface area contributed by atoms with E-state index < -0.39 is 0 Å². The minimum Gasteiger partial charge on any atom is -0.396 e. The SMILES string of the molecule is OC[C@H](Cc1cncc(-c2ccc3c(c2)C(Cl)=NC3)c1)c1ccccc1. The van der Waals surface area contributed by atoms with Gasteiger partial charge in [0.25, 0.3) is 0 Å². The number of hydrogen-bond acceptors (Lipinski definition) is 3.